The van der Waals surface area contributed by atoms with Gasteiger partial charge in [-0.1, -0.05) is 0 Å². The van der Waals surface area contributed by atoms with E-state index in [4.69, 9.17) is 5.73 Å². The van der Waals surface area contributed by atoms with Crippen LogP contribution in [-0.4, -0.2) is 35.5 Å². The van der Waals surface area contributed by atoms with Gasteiger partial charge in [-0.2, -0.15) is 0 Å². The highest BCUT2D eigenvalue weighted by Crippen LogP contribution is 2.24. The molecule has 6 nitrogen and oxygen atoms in total. The number of hydrogen-bond donors (Lipinski definition) is 2. The van der Waals surface area contributed by atoms with Crippen LogP contribution in [0, 0.1) is 0 Å². The first kappa shape index (κ1) is 10.8. The van der Waals surface area contributed by atoms with E-state index in [-0.39, 0.29) is 5.91 Å². The van der Waals surface area contributed by atoms with Gasteiger partial charge in [0.05, 0.1) is 12.1 Å². The van der Waals surface area contributed by atoms with Crippen LogP contribution in [0.15, 0.2) is 24.5 Å². The maximum absolute atomic E-state index is 11.4. The van der Waals surface area contributed by atoms with Crippen molar-refractivity contribution in [2.24, 2.45) is 0 Å². The van der Waals surface area contributed by atoms with Crippen LogP contribution in [0.3, 0.4) is 0 Å². The third-order valence-corrected chi connectivity index (χ3v) is 2.98. The third-order valence-electron chi connectivity index (χ3n) is 2.98. The number of benzene rings is 1. The number of carbonyl (C=O) groups is 1. The summed E-state index contributed by atoms with van der Waals surface area (Å²) in [6.07, 6.45) is 1.51. The lowest BCUT2D eigenvalue weighted by atomic mass is 10.2. The van der Waals surface area contributed by atoms with Crippen LogP contribution in [0.4, 0.5) is 11.5 Å². The molecule has 0 radical (unpaired) electrons. The zero-order valence-corrected chi connectivity index (χ0v) is 9.76. The molecule has 6 heteroatoms. The molecule has 0 bridgehead atoms. The standard InChI is InChI=1S/C12H13N5O/c13-8-1-2-10-9(5-8)12(16-7-15-10)17-4-3-14-11(18)6-17/h1-2,5,7H,3-4,6,13H2,(H,14,18). The van der Waals surface area contributed by atoms with E-state index in [1.807, 2.05) is 23.1 Å². The highest BCUT2D eigenvalue weighted by atomic mass is 16.2. The molecular formula is C12H13N5O. The van der Waals surface area contributed by atoms with E-state index in [2.05, 4.69) is 15.3 Å². The highest BCUT2D eigenvalue weighted by Gasteiger charge is 2.19. The van der Waals surface area contributed by atoms with Crippen molar-refractivity contribution in [3.63, 3.8) is 0 Å². The topological polar surface area (TPSA) is 84.1 Å². The number of nitrogen functional groups attached to an aromatic ring is 1. The lowest BCUT2D eigenvalue weighted by Crippen LogP contribution is -2.48. The fourth-order valence-electron chi connectivity index (χ4n) is 2.13. The first-order chi connectivity index (χ1) is 8.74. The molecule has 18 heavy (non-hydrogen) atoms. The first-order valence-electron chi connectivity index (χ1n) is 5.76. The van der Waals surface area contributed by atoms with E-state index in [0.29, 0.717) is 18.8 Å². The molecule has 1 fully saturated rings. The molecule has 1 saturated heterocycles. The largest absolute Gasteiger partial charge is 0.399 e. The fourth-order valence-corrected chi connectivity index (χ4v) is 2.13. The summed E-state index contributed by atoms with van der Waals surface area (Å²) in [7, 11) is 0. The predicted octanol–water partition coefficient (Wildman–Crippen LogP) is 0.148. The maximum atomic E-state index is 11.4. The lowest BCUT2D eigenvalue weighted by molar-refractivity contribution is -0.120. The Labute approximate surface area is 104 Å². The fraction of sp³-hybridized carbons (Fsp3) is 0.250. The molecule has 1 aromatic carbocycles. The van der Waals surface area contributed by atoms with E-state index in [9.17, 15) is 4.79 Å². The Bertz CT molecular complexity index is 612. The number of piperazine rings is 1. The minimum Gasteiger partial charge on any atom is -0.399 e. The van der Waals surface area contributed by atoms with Crippen molar-refractivity contribution in [1.82, 2.24) is 15.3 Å². The monoisotopic (exact) mass is 243 g/mol. The zero-order valence-electron chi connectivity index (χ0n) is 9.76. The summed E-state index contributed by atoms with van der Waals surface area (Å²) in [5, 5.41) is 3.67. The summed E-state index contributed by atoms with van der Waals surface area (Å²) in [5.41, 5.74) is 7.30. The van der Waals surface area contributed by atoms with Crippen molar-refractivity contribution in [1.29, 1.82) is 0 Å². The quantitative estimate of drug-likeness (QED) is 0.696. The van der Waals surface area contributed by atoms with E-state index >= 15 is 0 Å². The molecule has 2 heterocycles. The van der Waals surface area contributed by atoms with Crippen molar-refractivity contribution in [2.75, 3.05) is 30.3 Å². The summed E-state index contributed by atoms with van der Waals surface area (Å²) in [5.74, 6) is 0.777. The van der Waals surface area contributed by atoms with Gasteiger partial charge in [0.1, 0.15) is 12.1 Å². The number of fused-ring (bicyclic) bond motifs is 1. The van der Waals surface area contributed by atoms with Crippen molar-refractivity contribution < 1.29 is 4.79 Å². The number of anilines is 2. The molecule has 1 aliphatic heterocycles. The number of rotatable bonds is 1. The third kappa shape index (κ3) is 1.81. The Morgan fingerprint density at radius 2 is 2.22 bits per heavy atom. The van der Waals surface area contributed by atoms with Gasteiger partial charge in [0.2, 0.25) is 5.91 Å². The summed E-state index contributed by atoms with van der Waals surface area (Å²) < 4.78 is 0. The molecule has 2 aromatic rings. The Kier molecular flexibility index (Phi) is 2.47. The Morgan fingerprint density at radius 1 is 1.33 bits per heavy atom. The number of carbonyl (C=O) groups excluding carboxylic acids is 1. The SMILES string of the molecule is Nc1ccc2ncnc(N3CCNC(=O)C3)c2c1. The molecule has 0 atom stereocenters. The second-order valence-electron chi connectivity index (χ2n) is 4.25. The maximum Gasteiger partial charge on any atom is 0.239 e. The minimum atomic E-state index is 0.0110. The van der Waals surface area contributed by atoms with Gasteiger partial charge < -0.3 is 16.0 Å². The van der Waals surface area contributed by atoms with E-state index in [1.165, 1.54) is 6.33 Å². The number of nitrogens with one attached hydrogen (secondary N) is 1. The molecule has 1 aliphatic rings. The Morgan fingerprint density at radius 3 is 3.06 bits per heavy atom. The second-order valence-corrected chi connectivity index (χ2v) is 4.25. The number of hydrogen-bond acceptors (Lipinski definition) is 5. The number of aromatic nitrogens is 2. The number of nitrogens with zero attached hydrogens (tertiary/aromatic N) is 3. The molecule has 92 valence electrons. The van der Waals surface area contributed by atoms with Crippen LogP contribution in [0.5, 0.6) is 0 Å². The zero-order chi connectivity index (χ0) is 12.5. The van der Waals surface area contributed by atoms with Gasteiger partial charge in [-0.05, 0) is 18.2 Å². The molecule has 1 aromatic heterocycles. The molecule has 3 N–H and O–H groups in total. The van der Waals surface area contributed by atoms with Crippen molar-refractivity contribution in [3.05, 3.63) is 24.5 Å². The normalized spacial score (nSPS) is 15.8. The summed E-state index contributed by atoms with van der Waals surface area (Å²) in [6, 6.07) is 5.51. The van der Waals surface area contributed by atoms with Crippen LogP contribution in [0.1, 0.15) is 0 Å². The van der Waals surface area contributed by atoms with Gasteiger partial charge in [0.15, 0.2) is 0 Å². The molecule has 1 amide bonds. The summed E-state index contributed by atoms with van der Waals surface area (Å²) in [4.78, 5) is 21.9. The highest BCUT2D eigenvalue weighted by molar-refractivity contribution is 5.93. The van der Waals surface area contributed by atoms with Crippen LogP contribution in [-0.2, 0) is 4.79 Å². The predicted molar refractivity (Wildman–Crippen MR) is 69.2 cm³/mol. The second kappa shape index (κ2) is 4.14. The average molecular weight is 243 g/mol. The van der Waals surface area contributed by atoms with Gasteiger partial charge in [-0.3, -0.25) is 4.79 Å². The van der Waals surface area contributed by atoms with Gasteiger partial charge in [0.25, 0.3) is 0 Å². The van der Waals surface area contributed by atoms with Gasteiger partial charge in [0, 0.05) is 24.2 Å². The average Bonchev–Trinajstić information content (AvgIpc) is 2.38. The molecule has 0 unspecified atom stereocenters. The van der Waals surface area contributed by atoms with Gasteiger partial charge in [-0.25, -0.2) is 9.97 Å². The van der Waals surface area contributed by atoms with E-state index in [0.717, 1.165) is 23.3 Å². The molecule has 0 spiro atoms. The molecule has 0 aliphatic carbocycles. The minimum absolute atomic E-state index is 0.0110. The van der Waals surface area contributed by atoms with Gasteiger partial charge >= 0.3 is 0 Å². The molecular weight excluding hydrogens is 230 g/mol. The van der Waals surface area contributed by atoms with Crippen molar-refractivity contribution in [2.45, 2.75) is 0 Å². The smallest absolute Gasteiger partial charge is 0.239 e. The number of amides is 1. The first-order valence-corrected chi connectivity index (χ1v) is 5.76. The van der Waals surface area contributed by atoms with Crippen LogP contribution in [0.25, 0.3) is 10.9 Å². The Hall–Kier alpha value is -2.37. The lowest BCUT2D eigenvalue weighted by Gasteiger charge is -2.28. The summed E-state index contributed by atoms with van der Waals surface area (Å²) in [6.45, 7) is 1.69. The molecule has 0 saturated carbocycles. The van der Waals surface area contributed by atoms with E-state index in [1.54, 1.807) is 0 Å². The van der Waals surface area contributed by atoms with Gasteiger partial charge in [-0.15, -0.1) is 0 Å². The summed E-state index contributed by atoms with van der Waals surface area (Å²) >= 11 is 0. The van der Waals surface area contributed by atoms with Crippen molar-refractivity contribution in [3.8, 4) is 0 Å². The van der Waals surface area contributed by atoms with E-state index < -0.39 is 0 Å². The Balaban J connectivity index is 2.10. The van der Waals surface area contributed by atoms with Crippen LogP contribution in [0.2, 0.25) is 0 Å². The van der Waals surface area contributed by atoms with Crippen LogP contribution < -0.4 is 16.0 Å². The number of nitrogens with two attached hydrogens (primary N) is 1. The molecule has 3 rings (SSSR count). The van der Waals surface area contributed by atoms with Crippen LogP contribution >= 0.6 is 0 Å². The van der Waals surface area contributed by atoms with Crippen molar-refractivity contribution >= 4 is 28.3 Å².